The Morgan fingerprint density at radius 3 is 1.68 bits per heavy atom. The second kappa shape index (κ2) is 39.5. The number of hydrogen-bond donors (Lipinski definition) is 14. The lowest BCUT2D eigenvalue weighted by molar-refractivity contribution is -0.144. The van der Waals surface area contributed by atoms with Crippen molar-refractivity contribution >= 4 is 116 Å². The molecule has 1 aromatic heterocycles. The standard InChI is InChI=1S/C70H93Cl2N15O13S/c1-39(2)32-52(62(93)81-51(14-10-30-77-70(75)76)69(100)87-31-11-15-57(87)66(97)78-40(3)60(74)91)82-61(92)50(13-8-9-29-73)80-67(98)58(35-44-21-27-48(90)28-22-44)86(5)68(99)56(37-88)85-65(96)55(36-45-38-101-59-16-7-6-12-49(45)59)84-64(95)54(34-43-19-25-47(72)26-20-43)83-63(94)53(79-41(4)89)33-42-17-23-46(71)24-18-42/h6-7,12,16-28,38-40,50-58,88,90H,8-11,13-15,29-37,73H2,1-5H3,(H2,74,91)(H,78,97)(H,79,89)(H,80,98)(H,81,93)(H,82,92)(H,83,94)(H,84,95)(H,85,96)(H4,75,76,77)/t40-,50-,51-,52-,53-,54-,55-,56-,57+,58-/m0/s1. The molecule has 31 heteroatoms. The Morgan fingerprint density at radius 2 is 1.12 bits per heavy atom. The molecule has 101 heavy (non-hydrogen) atoms. The summed E-state index contributed by atoms with van der Waals surface area (Å²) >= 11 is 13.8. The Labute approximate surface area is 600 Å². The van der Waals surface area contributed by atoms with Gasteiger partial charge in [-0.15, -0.1) is 11.3 Å². The fraction of sp³-hybridized carbons (Fsp3) is 0.457. The fourth-order valence-electron chi connectivity index (χ4n) is 11.6. The van der Waals surface area contributed by atoms with Crippen LogP contribution in [0.2, 0.25) is 10.0 Å². The van der Waals surface area contributed by atoms with Crippen molar-refractivity contribution in [2.24, 2.45) is 33.8 Å². The lowest BCUT2D eigenvalue weighted by atomic mass is 9.99. The number of rotatable bonds is 38. The molecule has 1 saturated heterocycles. The number of unbranched alkanes of at least 4 members (excludes halogenated alkanes) is 1. The largest absolute Gasteiger partial charge is 0.508 e. The minimum absolute atomic E-state index is 0.00679. The van der Waals surface area contributed by atoms with Crippen molar-refractivity contribution in [2.75, 3.05) is 33.3 Å². The number of hydrogen-bond acceptors (Lipinski definition) is 16. The number of nitrogens with one attached hydrogen (secondary N) is 8. The summed E-state index contributed by atoms with van der Waals surface area (Å²) < 4.78 is 0.857. The van der Waals surface area contributed by atoms with Crippen molar-refractivity contribution < 1.29 is 63.0 Å². The number of phenolic OH excluding ortho intramolecular Hbond substituents is 1. The molecule has 28 nitrogen and oxygen atoms in total. The van der Waals surface area contributed by atoms with Crippen LogP contribution in [0.5, 0.6) is 5.75 Å². The normalized spacial score (nSPS) is 15.4. The van der Waals surface area contributed by atoms with Gasteiger partial charge in [0.05, 0.1) is 6.61 Å². The van der Waals surface area contributed by atoms with Crippen LogP contribution in [-0.4, -0.2) is 185 Å². The number of amides is 11. The second-order valence-corrected chi connectivity index (χ2v) is 27.2. The first kappa shape index (κ1) is 80.6. The number of guanidine groups is 1. The highest BCUT2D eigenvalue weighted by Crippen LogP contribution is 2.28. The number of halogens is 2. The van der Waals surface area contributed by atoms with Crippen LogP contribution in [0.25, 0.3) is 10.1 Å². The highest BCUT2D eigenvalue weighted by molar-refractivity contribution is 7.17. The first-order chi connectivity index (χ1) is 48.0. The van der Waals surface area contributed by atoms with Crippen molar-refractivity contribution in [3.8, 4) is 5.75 Å². The third-order valence-corrected chi connectivity index (χ3v) is 18.6. The van der Waals surface area contributed by atoms with Gasteiger partial charge in [0, 0.05) is 67.5 Å². The van der Waals surface area contributed by atoms with Crippen LogP contribution < -0.4 is 65.5 Å². The molecule has 10 atom stereocenters. The van der Waals surface area contributed by atoms with E-state index in [9.17, 15) is 48.6 Å². The SMILES string of the molecule is CC(=O)N[C@@H](Cc1ccc(Cl)cc1)C(=O)N[C@@H](Cc1ccc(Cl)cc1)C(=O)N[C@@H](Cc1csc2ccccc12)C(=O)N[C@@H](CO)C(=O)N(C)[C@@H](Cc1ccc(O)cc1)C(=O)N[C@@H](CCCCN)C(=O)N[C@@H](CC(C)C)C(=O)N[C@@H](CCCN=C(N)N)C(=O)N1CCC[C@@H]1C(=O)N[C@@H](C)C(N)=O. The van der Waals surface area contributed by atoms with Crippen LogP contribution in [0, 0.1) is 5.92 Å². The van der Waals surface area contributed by atoms with Crippen molar-refractivity contribution in [3.63, 3.8) is 0 Å². The highest BCUT2D eigenvalue weighted by Gasteiger charge is 2.41. The molecule has 18 N–H and O–H groups in total. The van der Waals surface area contributed by atoms with Gasteiger partial charge in [-0.1, -0.05) is 91.6 Å². The second-order valence-electron chi connectivity index (χ2n) is 25.4. The summed E-state index contributed by atoms with van der Waals surface area (Å²) in [7, 11) is 1.25. The Balaban J connectivity index is 1.28. The number of benzene rings is 4. The van der Waals surface area contributed by atoms with E-state index in [0.717, 1.165) is 15.0 Å². The molecule has 11 amide bonds. The summed E-state index contributed by atoms with van der Waals surface area (Å²) in [6.45, 7) is 5.64. The number of likely N-dealkylation sites (N-methyl/N-ethyl adjacent to an activating group) is 1. The number of aliphatic imine (C=N–C) groups is 1. The zero-order valence-corrected chi connectivity index (χ0v) is 59.5. The Bertz CT molecular complexity index is 3710. The predicted octanol–water partition coefficient (Wildman–Crippen LogP) is 1.63. The van der Waals surface area contributed by atoms with E-state index in [1.165, 1.54) is 61.4 Å². The first-order valence-electron chi connectivity index (χ1n) is 33.4. The summed E-state index contributed by atoms with van der Waals surface area (Å²) in [6, 6.07) is 12.8. The molecule has 5 aromatic rings. The minimum Gasteiger partial charge on any atom is -0.508 e. The van der Waals surface area contributed by atoms with Crippen molar-refractivity contribution in [1.29, 1.82) is 0 Å². The Hall–Kier alpha value is -9.42. The van der Waals surface area contributed by atoms with Gasteiger partial charge in [-0.2, -0.15) is 0 Å². The van der Waals surface area contributed by atoms with E-state index < -0.39 is 132 Å². The van der Waals surface area contributed by atoms with Crippen LogP contribution in [0.4, 0.5) is 0 Å². The average Bonchev–Trinajstić information content (AvgIpc) is 1.74. The smallest absolute Gasteiger partial charge is 0.247 e. The lowest BCUT2D eigenvalue weighted by Crippen LogP contribution is -2.62. The zero-order chi connectivity index (χ0) is 74.0. The Morgan fingerprint density at radius 1 is 0.614 bits per heavy atom. The summed E-state index contributed by atoms with van der Waals surface area (Å²) in [5, 5.41) is 46.5. The van der Waals surface area contributed by atoms with Crippen LogP contribution in [-0.2, 0) is 78.4 Å². The molecule has 6 rings (SSSR count). The zero-order valence-electron chi connectivity index (χ0n) is 57.2. The summed E-state index contributed by atoms with van der Waals surface area (Å²) in [5.74, 6) is -9.13. The quantitative estimate of drug-likeness (QED) is 0.0152. The third-order valence-electron chi connectivity index (χ3n) is 17.0. The Kier molecular flexibility index (Phi) is 31.5. The van der Waals surface area contributed by atoms with Gasteiger partial charge < -0.3 is 85.5 Å². The number of nitrogens with two attached hydrogens (primary N) is 4. The van der Waals surface area contributed by atoms with E-state index in [1.54, 1.807) is 68.4 Å². The van der Waals surface area contributed by atoms with Crippen molar-refractivity contribution in [2.45, 2.75) is 165 Å². The van der Waals surface area contributed by atoms with Gasteiger partial charge in [0.1, 0.15) is 66.2 Å². The van der Waals surface area contributed by atoms with Crippen molar-refractivity contribution in [1.82, 2.24) is 52.3 Å². The average molecular weight is 1460 g/mol. The van der Waals surface area contributed by atoms with E-state index in [2.05, 4.69) is 47.5 Å². The van der Waals surface area contributed by atoms with Gasteiger partial charge in [-0.05, 0) is 146 Å². The summed E-state index contributed by atoms with van der Waals surface area (Å²) in [6.07, 6.45) is 1.01. The van der Waals surface area contributed by atoms with Gasteiger partial charge in [0.2, 0.25) is 65.0 Å². The van der Waals surface area contributed by atoms with Crippen LogP contribution in [0.15, 0.2) is 107 Å². The van der Waals surface area contributed by atoms with E-state index in [4.69, 9.17) is 46.1 Å². The number of fused-ring (bicyclic) bond motifs is 1. The number of likely N-dealkylation sites (tertiary alicyclic amines) is 1. The number of phenols is 1. The number of carbonyl (C=O) groups excluding carboxylic acids is 11. The number of aliphatic hydroxyl groups excluding tert-OH is 1. The maximum Gasteiger partial charge on any atom is 0.247 e. The maximum atomic E-state index is 15.1. The number of carbonyl (C=O) groups is 11. The van der Waals surface area contributed by atoms with Crippen LogP contribution >= 0.6 is 34.5 Å². The molecular formula is C70H93Cl2N15O13S. The number of thiophene rings is 1. The fourth-order valence-corrected chi connectivity index (χ4v) is 12.8. The molecule has 1 aliphatic heterocycles. The molecule has 546 valence electrons. The molecule has 0 bridgehead atoms. The monoisotopic (exact) mass is 1450 g/mol. The molecule has 2 heterocycles. The van der Waals surface area contributed by atoms with E-state index in [0.29, 0.717) is 45.1 Å². The molecule has 1 aliphatic rings. The van der Waals surface area contributed by atoms with Gasteiger partial charge in [-0.3, -0.25) is 57.7 Å². The molecule has 0 saturated carbocycles. The number of primary amides is 1. The molecule has 4 aromatic carbocycles. The number of aromatic hydroxyl groups is 1. The van der Waals surface area contributed by atoms with E-state index in [-0.39, 0.29) is 101 Å². The lowest BCUT2D eigenvalue weighted by Gasteiger charge is -2.33. The van der Waals surface area contributed by atoms with Crippen LogP contribution in [0.1, 0.15) is 101 Å². The molecule has 0 aliphatic carbocycles. The van der Waals surface area contributed by atoms with E-state index in [1.807, 2.05) is 23.6 Å². The van der Waals surface area contributed by atoms with Crippen molar-refractivity contribution in [3.05, 3.63) is 135 Å². The first-order valence-corrected chi connectivity index (χ1v) is 35.0. The molecule has 0 spiro atoms. The topological polar surface area (TPSA) is 447 Å². The van der Waals surface area contributed by atoms with Crippen LogP contribution in [0.3, 0.4) is 0 Å². The number of aliphatic hydroxyl groups is 1. The van der Waals surface area contributed by atoms with E-state index >= 15 is 14.4 Å². The summed E-state index contributed by atoms with van der Waals surface area (Å²) in [4.78, 5) is 162. The molecule has 1 fully saturated rings. The number of nitrogens with zero attached hydrogens (tertiary/aromatic N) is 3. The minimum atomic E-state index is -1.79. The maximum absolute atomic E-state index is 15.1. The molecule has 0 unspecified atom stereocenters. The molecular weight excluding hydrogens is 1360 g/mol. The third kappa shape index (κ3) is 25.0. The van der Waals surface area contributed by atoms with Gasteiger partial charge in [0.25, 0.3) is 0 Å². The van der Waals surface area contributed by atoms with Gasteiger partial charge in [0.15, 0.2) is 5.96 Å². The van der Waals surface area contributed by atoms with Gasteiger partial charge >= 0.3 is 0 Å². The van der Waals surface area contributed by atoms with Gasteiger partial charge in [-0.25, -0.2) is 0 Å². The molecule has 0 radical (unpaired) electrons. The highest BCUT2D eigenvalue weighted by atomic mass is 35.5. The summed E-state index contributed by atoms with van der Waals surface area (Å²) in [5.41, 5.74) is 24.7. The predicted molar refractivity (Wildman–Crippen MR) is 384 cm³/mol.